The highest BCUT2D eigenvalue weighted by molar-refractivity contribution is 5.95. The van der Waals surface area contributed by atoms with Gasteiger partial charge >= 0.3 is 0 Å². The maximum absolute atomic E-state index is 12.8. The van der Waals surface area contributed by atoms with Crippen LogP contribution in [0.2, 0.25) is 0 Å². The Kier molecular flexibility index (Phi) is 7.63. The normalized spacial score (nSPS) is 11.8. The Morgan fingerprint density at radius 1 is 1.14 bits per heavy atom. The molecule has 7 nitrogen and oxygen atoms in total. The molecule has 152 valence electrons. The van der Waals surface area contributed by atoms with E-state index >= 15 is 0 Å². The second kappa shape index (κ2) is 9.94. The fourth-order valence-electron chi connectivity index (χ4n) is 2.99. The molecule has 28 heavy (non-hydrogen) atoms. The maximum Gasteiger partial charge on any atom is 0.263 e. The first-order chi connectivity index (χ1) is 13.4. The number of benzene rings is 1. The number of rotatable bonds is 9. The van der Waals surface area contributed by atoms with Crippen LogP contribution in [0.25, 0.3) is 0 Å². The molecule has 1 aromatic carbocycles. The van der Waals surface area contributed by atoms with E-state index in [9.17, 15) is 9.59 Å². The van der Waals surface area contributed by atoms with Gasteiger partial charge in [-0.2, -0.15) is 0 Å². The zero-order valence-corrected chi connectivity index (χ0v) is 17.1. The number of pyridine rings is 1. The molecule has 2 aromatic rings. The minimum Gasteiger partial charge on any atom is -0.493 e. The fourth-order valence-corrected chi connectivity index (χ4v) is 2.99. The number of methoxy groups -OCH3 is 3. The van der Waals surface area contributed by atoms with Crippen LogP contribution in [0.1, 0.15) is 28.4 Å². The van der Waals surface area contributed by atoms with E-state index in [1.807, 2.05) is 25.1 Å². The molecule has 1 atom stereocenters. The monoisotopic (exact) mass is 388 g/mol. The molecule has 0 fully saturated rings. The summed E-state index contributed by atoms with van der Waals surface area (Å²) in [4.78, 5) is 25.4. The van der Waals surface area contributed by atoms with Crippen LogP contribution in [0.4, 0.5) is 0 Å². The van der Waals surface area contributed by atoms with Crippen molar-refractivity contribution in [1.29, 1.82) is 0 Å². The summed E-state index contributed by atoms with van der Waals surface area (Å²) in [5, 5.41) is 2.80. The lowest BCUT2D eigenvalue weighted by molar-refractivity contribution is 0.0903. The summed E-state index contributed by atoms with van der Waals surface area (Å²) in [6, 6.07) is 7.25. The lowest BCUT2D eigenvalue weighted by atomic mass is 10.1. The minimum absolute atomic E-state index is 0.165. The van der Waals surface area contributed by atoms with Crippen LogP contribution >= 0.6 is 0 Å². The van der Waals surface area contributed by atoms with Crippen LogP contribution in [0.3, 0.4) is 0 Å². The number of hydrogen-bond donors (Lipinski definition) is 1. The standard InChI is InChI=1S/C21H28N2O5/c1-14-8-10-23(21(25)19(14)20(24)22-15(2)13-26-3)11-9-16-6-7-17(27-4)18(12-16)28-5/h6-8,10,12,15H,9,11,13H2,1-5H3,(H,22,24). The molecule has 2 rings (SSSR count). The molecular formula is C21H28N2O5. The van der Waals surface area contributed by atoms with Crippen molar-refractivity contribution in [1.82, 2.24) is 9.88 Å². The Balaban J connectivity index is 2.19. The molecule has 0 bridgehead atoms. The van der Waals surface area contributed by atoms with Gasteiger partial charge in [0, 0.05) is 25.9 Å². The molecule has 0 aliphatic carbocycles. The van der Waals surface area contributed by atoms with E-state index in [4.69, 9.17) is 14.2 Å². The average Bonchev–Trinajstić information content (AvgIpc) is 2.67. The van der Waals surface area contributed by atoms with Gasteiger partial charge in [0.25, 0.3) is 11.5 Å². The van der Waals surface area contributed by atoms with E-state index in [1.54, 1.807) is 45.1 Å². The number of hydrogen-bond acceptors (Lipinski definition) is 5. The first kappa shape index (κ1) is 21.5. The molecule has 1 unspecified atom stereocenters. The molecule has 7 heteroatoms. The Labute approximate surface area is 165 Å². The first-order valence-corrected chi connectivity index (χ1v) is 9.12. The van der Waals surface area contributed by atoms with E-state index in [-0.39, 0.29) is 23.1 Å². The molecule has 1 aromatic heterocycles. The van der Waals surface area contributed by atoms with Crippen LogP contribution in [0.5, 0.6) is 11.5 Å². The van der Waals surface area contributed by atoms with Crippen LogP contribution in [0.15, 0.2) is 35.3 Å². The summed E-state index contributed by atoms with van der Waals surface area (Å²) < 4.78 is 17.1. The van der Waals surface area contributed by atoms with E-state index in [0.717, 1.165) is 5.56 Å². The highest BCUT2D eigenvalue weighted by atomic mass is 16.5. The van der Waals surface area contributed by atoms with Gasteiger partial charge in [-0.25, -0.2) is 0 Å². The Morgan fingerprint density at radius 2 is 1.86 bits per heavy atom. The highest BCUT2D eigenvalue weighted by Crippen LogP contribution is 2.27. The van der Waals surface area contributed by atoms with E-state index in [0.29, 0.717) is 36.6 Å². The zero-order chi connectivity index (χ0) is 20.7. The average molecular weight is 388 g/mol. The van der Waals surface area contributed by atoms with Crippen molar-refractivity contribution in [3.8, 4) is 11.5 Å². The van der Waals surface area contributed by atoms with E-state index < -0.39 is 0 Å². The Hall–Kier alpha value is -2.80. The molecule has 0 spiro atoms. The molecule has 1 N–H and O–H groups in total. The molecule has 0 saturated heterocycles. The van der Waals surface area contributed by atoms with Gasteiger partial charge in [0.15, 0.2) is 11.5 Å². The van der Waals surface area contributed by atoms with Gasteiger partial charge in [-0.1, -0.05) is 6.07 Å². The predicted octanol–water partition coefficient (Wildman–Crippen LogP) is 2.18. The molecule has 0 aliphatic heterocycles. The zero-order valence-electron chi connectivity index (χ0n) is 17.1. The van der Waals surface area contributed by atoms with Crippen molar-refractivity contribution in [3.63, 3.8) is 0 Å². The van der Waals surface area contributed by atoms with Gasteiger partial charge in [-0.3, -0.25) is 9.59 Å². The third kappa shape index (κ3) is 5.13. The van der Waals surface area contributed by atoms with Gasteiger partial charge in [0.05, 0.1) is 20.8 Å². The quantitative estimate of drug-likeness (QED) is 0.712. The third-order valence-electron chi connectivity index (χ3n) is 4.48. The topological polar surface area (TPSA) is 78.8 Å². The second-order valence-electron chi connectivity index (χ2n) is 6.64. The van der Waals surface area contributed by atoms with E-state index in [1.165, 1.54) is 0 Å². The summed E-state index contributed by atoms with van der Waals surface area (Å²) in [6.07, 6.45) is 2.33. The van der Waals surface area contributed by atoms with Gasteiger partial charge in [-0.05, 0) is 49.6 Å². The smallest absolute Gasteiger partial charge is 0.263 e. The summed E-state index contributed by atoms with van der Waals surface area (Å²) in [6.45, 7) is 4.42. The number of aromatic nitrogens is 1. The van der Waals surface area contributed by atoms with Crippen LogP contribution in [-0.2, 0) is 17.7 Å². The van der Waals surface area contributed by atoms with Crippen molar-refractivity contribution < 1.29 is 19.0 Å². The molecule has 1 heterocycles. The van der Waals surface area contributed by atoms with Gasteiger partial charge in [-0.15, -0.1) is 0 Å². The van der Waals surface area contributed by atoms with Gasteiger partial charge in [0.2, 0.25) is 0 Å². The lowest BCUT2D eigenvalue weighted by Crippen LogP contribution is -2.40. The SMILES string of the molecule is COCC(C)NC(=O)c1c(C)ccn(CCc2ccc(OC)c(OC)c2)c1=O. The van der Waals surface area contributed by atoms with Crippen LogP contribution in [0, 0.1) is 6.92 Å². The van der Waals surface area contributed by atoms with Gasteiger partial charge in [0.1, 0.15) is 5.56 Å². The molecule has 0 aliphatic rings. The highest BCUT2D eigenvalue weighted by Gasteiger charge is 2.17. The summed E-state index contributed by atoms with van der Waals surface area (Å²) in [5.41, 5.74) is 1.51. The number of ether oxygens (including phenoxy) is 3. The van der Waals surface area contributed by atoms with Crippen molar-refractivity contribution >= 4 is 5.91 Å². The number of carbonyl (C=O) groups is 1. The number of carbonyl (C=O) groups excluding carboxylic acids is 1. The Morgan fingerprint density at radius 3 is 2.50 bits per heavy atom. The number of aryl methyl sites for hydroxylation is 3. The van der Waals surface area contributed by atoms with Crippen molar-refractivity contribution in [2.75, 3.05) is 27.9 Å². The molecular weight excluding hydrogens is 360 g/mol. The van der Waals surface area contributed by atoms with Crippen LogP contribution in [-0.4, -0.2) is 44.5 Å². The maximum atomic E-state index is 12.8. The molecule has 0 saturated carbocycles. The van der Waals surface area contributed by atoms with Crippen molar-refractivity contribution in [3.05, 3.63) is 57.5 Å². The summed E-state index contributed by atoms with van der Waals surface area (Å²) in [5.74, 6) is 0.916. The van der Waals surface area contributed by atoms with Crippen molar-refractivity contribution in [2.45, 2.75) is 32.9 Å². The number of nitrogens with zero attached hydrogens (tertiary/aromatic N) is 1. The van der Waals surface area contributed by atoms with Crippen molar-refractivity contribution in [2.24, 2.45) is 0 Å². The first-order valence-electron chi connectivity index (χ1n) is 9.12. The minimum atomic E-state index is -0.382. The lowest BCUT2D eigenvalue weighted by Gasteiger charge is -2.15. The fraction of sp³-hybridized carbons (Fsp3) is 0.429. The third-order valence-corrected chi connectivity index (χ3v) is 4.48. The molecule has 1 amide bonds. The Bertz CT molecular complexity index is 876. The second-order valence-corrected chi connectivity index (χ2v) is 6.64. The number of amides is 1. The predicted molar refractivity (Wildman–Crippen MR) is 107 cm³/mol. The van der Waals surface area contributed by atoms with Crippen LogP contribution < -0.4 is 20.3 Å². The largest absolute Gasteiger partial charge is 0.493 e. The summed E-state index contributed by atoms with van der Waals surface area (Å²) >= 11 is 0. The molecule has 0 radical (unpaired) electrons. The summed E-state index contributed by atoms with van der Waals surface area (Å²) in [7, 11) is 4.74. The number of nitrogens with one attached hydrogen (secondary N) is 1. The van der Waals surface area contributed by atoms with E-state index in [2.05, 4.69) is 5.32 Å². The van der Waals surface area contributed by atoms with Gasteiger partial charge < -0.3 is 24.1 Å².